The molecule has 0 saturated carbocycles. The van der Waals surface area contributed by atoms with Crippen molar-refractivity contribution in [3.05, 3.63) is 64.6 Å². The minimum Gasteiger partial charge on any atom is -0.334 e. The summed E-state index contributed by atoms with van der Waals surface area (Å²) in [5.41, 5.74) is 2.14. The van der Waals surface area contributed by atoms with Crippen LogP contribution in [0, 0.1) is 0 Å². The van der Waals surface area contributed by atoms with Crippen LogP contribution < -0.4 is 10.6 Å². The molecule has 0 bridgehead atoms. The Hall–Kier alpha value is -2.74. The molecule has 1 atom stereocenters. The van der Waals surface area contributed by atoms with Crippen molar-refractivity contribution in [3.63, 3.8) is 0 Å². The lowest BCUT2D eigenvalue weighted by molar-refractivity contribution is 0.237. The van der Waals surface area contributed by atoms with Gasteiger partial charge in [0.2, 0.25) is 0 Å². The molecule has 2 amide bonds. The summed E-state index contributed by atoms with van der Waals surface area (Å²) in [5, 5.41) is 12.7. The Morgan fingerprint density at radius 2 is 2.17 bits per heavy atom. The highest BCUT2D eigenvalue weighted by atomic mass is 32.1. The van der Waals surface area contributed by atoms with Crippen molar-refractivity contribution in [2.45, 2.75) is 26.1 Å². The zero-order valence-corrected chi connectivity index (χ0v) is 14.0. The van der Waals surface area contributed by atoms with Crippen LogP contribution >= 0.6 is 11.3 Å². The Kier molecular flexibility index (Phi) is 5.17. The predicted molar refractivity (Wildman–Crippen MR) is 91.5 cm³/mol. The molecule has 0 unspecified atom stereocenters. The summed E-state index contributed by atoms with van der Waals surface area (Å²) >= 11 is 1.52. The Morgan fingerprint density at radius 3 is 2.88 bits per heavy atom. The summed E-state index contributed by atoms with van der Waals surface area (Å²) in [6.45, 7) is 2.98. The third-order valence-electron chi connectivity index (χ3n) is 3.53. The molecule has 24 heavy (non-hydrogen) atoms. The maximum absolute atomic E-state index is 12.1. The molecule has 0 saturated heterocycles. The first-order valence-corrected chi connectivity index (χ1v) is 8.43. The van der Waals surface area contributed by atoms with Crippen LogP contribution in [0.3, 0.4) is 0 Å². The molecule has 3 rings (SSSR count). The highest BCUT2D eigenvalue weighted by Gasteiger charge is 2.12. The Balaban J connectivity index is 1.57. The van der Waals surface area contributed by atoms with Crippen molar-refractivity contribution in [2.75, 3.05) is 0 Å². The molecule has 0 aliphatic carbocycles. The third kappa shape index (κ3) is 4.17. The molecule has 124 valence electrons. The second kappa shape index (κ2) is 7.69. The van der Waals surface area contributed by atoms with Gasteiger partial charge in [0.05, 0.1) is 12.6 Å². The second-order valence-electron chi connectivity index (χ2n) is 5.28. The Bertz CT molecular complexity index is 772. The van der Waals surface area contributed by atoms with E-state index in [-0.39, 0.29) is 12.1 Å². The molecule has 2 aromatic heterocycles. The largest absolute Gasteiger partial charge is 0.334 e. The van der Waals surface area contributed by atoms with Crippen LogP contribution in [-0.2, 0) is 13.1 Å². The van der Waals surface area contributed by atoms with Crippen molar-refractivity contribution in [2.24, 2.45) is 0 Å². The van der Waals surface area contributed by atoms with Crippen LogP contribution in [0.4, 0.5) is 4.79 Å². The van der Waals surface area contributed by atoms with Crippen molar-refractivity contribution in [1.29, 1.82) is 0 Å². The molecule has 2 heterocycles. The van der Waals surface area contributed by atoms with E-state index in [1.54, 1.807) is 17.2 Å². The van der Waals surface area contributed by atoms with Crippen molar-refractivity contribution in [3.8, 4) is 0 Å². The molecular formula is C16H18N6OS. The van der Waals surface area contributed by atoms with Gasteiger partial charge in [-0.05, 0) is 18.1 Å². The number of carbonyl (C=O) groups is 1. The summed E-state index contributed by atoms with van der Waals surface area (Å²) in [5.74, 6) is 0. The lowest BCUT2D eigenvalue weighted by Gasteiger charge is -2.14. The highest BCUT2D eigenvalue weighted by Crippen LogP contribution is 2.14. The normalized spacial score (nSPS) is 11.9. The SMILES string of the molecule is C[C@@H](NC(=O)NCc1ccccc1Cn1cncn1)c1nccs1. The standard InChI is InChI=1S/C16H18N6OS/c1-12(15-18-6-7-24-15)21-16(23)19-8-13-4-2-3-5-14(13)9-22-11-17-10-20-22/h2-7,10-12H,8-9H2,1H3,(H2,19,21,23)/t12-/m1/s1. The molecule has 8 heteroatoms. The molecule has 0 aliphatic heterocycles. The van der Waals surface area contributed by atoms with Crippen molar-refractivity contribution < 1.29 is 4.79 Å². The smallest absolute Gasteiger partial charge is 0.315 e. The van der Waals surface area contributed by atoms with Crippen molar-refractivity contribution in [1.82, 2.24) is 30.4 Å². The molecule has 0 fully saturated rings. The number of hydrogen-bond acceptors (Lipinski definition) is 5. The molecule has 0 spiro atoms. The Morgan fingerprint density at radius 1 is 1.33 bits per heavy atom. The monoisotopic (exact) mass is 342 g/mol. The van der Waals surface area contributed by atoms with E-state index in [4.69, 9.17) is 0 Å². The fourth-order valence-corrected chi connectivity index (χ4v) is 2.95. The first-order valence-electron chi connectivity index (χ1n) is 7.55. The Labute approximate surface area is 143 Å². The zero-order valence-electron chi connectivity index (χ0n) is 13.2. The molecular weight excluding hydrogens is 324 g/mol. The van der Waals surface area contributed by atoms with E-state index in [0.717, 1.165) is 16.1 Å². The van der Waals surface area contributed by atoms with Gasteiger partial charge in [0.1, 0.15) is 17.7 Å². The minimum absolute atomic E-state index is 0.115. The van der Waals surface area contributed by atoms with E-state index in [1.807, 2.05) is 36.6 Å². The minimum atomic E-state index is -0.215. The van der Waals surface area contributed by atoms with Gasteiger partial charge in [0.25, 0.3) is 0 Å². The van der Waals surface area contributed by atoms with Gasteiger partial charge in [-0.15, -0.1) is 11.3 Å². The lowest BCUT2D eigenvalue weighted by atomic mass is 10.1. The van der Waals surface area contributed by atoms with Crippen LogP contribution in [0.15, 0.2) is 48.5 Å². The maximum Gasteiger partial charge on any atom is 0.315 e. The van der Waals surface area contributed by atoms with Gasteiger partial charge in [-0.2, -0.15) is 5.10 Å². The maximum atomic E-state index is 12.1. The number of nitrogens with one attached hydrogen (secondary N) is 2. The number of urea groups is 1. The van der Waals surface area contributed by atoms with E-state index in [9.17, 15) is 4.79 Å². The summed E-state index contributed by atoms with van der Waals surface area (Å²) in [7, 11) is 0. The topological polar surface area (TPSA) is 84.7 Å². The number of thiazole rings is 1. The average molecular weight is 342 g/mol. The number of carbonyl (C=O) groups excluding carboxylic acids is 1. The first-order chi connectivity index (χ1) is 11.7. The number of nitrogens with zero attached hydrogens (tertiary/aromatic N) is 4. The van der Waals surface area contributed by atoms with Crippen LogP contribution in [0.25, 0.3) is 0 Å². The van der Waals surface area contributed by atoms with Gasteiger partial charge in [0, 0.05) is 18.1 Å². The van der Waals surface area contributed by atoms with Crippen LogP contribution in [0.2, 0.25) is 0 Å². The van der Waals surface area contributed by atoms with Gasteiger partial charge in [-0.1, -0.05) is 24.3 Å². The number of hydrogen-bond donors (Lipinski definition) is 2. The van der Waals surface area contributed by atoms with E-state index >= 15 is 0 Å². The van der Waals surface area contributed by atoms with Gasteiger partial charge in [-0.3, -0.25) is 0 Å². The lowest BCUT2D eigenvalue weighted by Crippen LogP contribution is -2.36. The average Bonchev–Trinajstić information content (AvgIpc) is 3.27. The molecule has 0 aliphatic rings. The molecule has 2 N–H and O–H groups in total. The number of amides is 2. The molecule has 3 aromatic rings. The quantitative estimate of drug-likeness (QED) is 0.720. The summed E-state index contributed by atoms with van der Waals surface area (Å²) in [6.07, 6.45) is 4.91. The van der Waals surface area contributed by atoms with Gasteiger partial charge >= 0.3 is 6.03 Å². The van der Waals surface area contributed by atoms with Gasteiger partial charge < -0.3 is 10.6 Å². The van der Waals surface area contributed by atoms with E-state index in [2.05, 4.69) is 25.7 Å². The van der Waals surface area contributed by atoms with Crippen LogP contribution in [0.5, 0.6) is 0 Å². The third-order valence-corrected chi connectivity index (χ3v) is 4.48. The predicted octanol–water partition coefficient (Wildman–Crippen LogP) is 2.34. The fourth-order valence-electron chi connectivity index (χ4n) is 2.31. The van der Waals surface area contributed by atoms with Gasteiger partial charge in [0.15, 0.2) is 0 Å². The van der Waals surface area contributed by atoms with Crippen LogP contribution in [0.1, 0.15) is 29.1 Å². The number of rotatable bonds is 6. The van der Waals surface area contributed by atoms with E-state index in [1.165, 1.54) is 17.7 Å². The van der Waals surface area contributed by atoms with Crippen LogP contribution in [-0.4, -0.2) is 25.8 Å². The first kappa shape index (κ1) is 16.1. The zero-order chi connectivity index (χ0) is 16.8. The summed E-state index contributed by atoms with van der Waals surface area (Å²) < 4.78 is 1.75. The van der Waals surface area contributed by atoms with E-state index in [0.29, 0.717) is 13.1 Å². The van der Waals surface area contributed by atoms with Gasteiger partial charge in [-0.25, -0.2) is 19.4 Å². The number of aromatic nitrogens is 4. The summed E-state index contributed by atoms with van der Waals surface area (Å²) in [6, 6.07) is 7.62. The van der Waals surface area contributed by atoms with Crippen molar-refractivity contribution >= 4 is 17.4 Å². The highest BCUT2D eigenvalue weighted by molar-refractivity contribution is 7.09. The fraction of sp³-hybridized carbons (Fsp3) is 0.250. The molecule has 1 aromatic carbocycles. The second-order valence-corrected chi connectivity index (χ2v) is 6.21. The number of benzene rings is 1. The molecule has 7 nitrogen and oxygen atoms in total. The van der Waals surface area contributed by atoms with E-state index < -0.39 is 0 Å². The summed E-state index contributed by atoms with van der Waals surface area (Å²) in [4.78, 5) is 20.2. The molecule has 0 radical (unpaired) electrons.